The summed E-state index contributed by atoms with van der Waals surface area (Å²) in [5.74, 6) is 0.713. The number of methoxy groups -OCH3 is 2. The van der Waals surface area contributed by atoms with Crippen LogP contribution in [0, 0.1) is 0 Å². The number of aromatic hydroxyl groups is 2. The van der Waals surface area contributed by atoms with Gasteiger partial charge in [-0.1, -0.05) is 6.07 Å². The highest BCUT2D eigenvalue weighted by Crippen LogP contribution is 2.39. The summed E-state index contributed by atoms with van der Waals surface area (Å²) >= 11 is 0. The molecule has 1 atom stereocenters. The Kier molecular flexibility index (Phi) is 3.57. The summed E-state index contributed by atoms with van der Waals surface area (Å²) in [6.07, 6.45) is 0.920. The van der Waals surface area contributed by atoms with Crippen molar-refractivity contribution in [2.24, 2.45) is 0 Å². The zero-order valence-corrected chi connectivity index (χ0v) is 13.7. The van der Waals surface area contributed by atoms with Crippen molar-refractivity contribution in [3.05, 3.63) is 47.0 Å². The molecule has 0 amide bonds. The van der Waals surface area contributed by atoms with Crippen molar-refractivity contribution in [2.75, 3.05) is 27.7 Å². The van der Waals surface area contributed by atoms with Gasteiger partial charge in [-0.15, -0.1) is 0 Å². The van der Waals surface area contributed by atoms with E-state index in [4.69, 9.17) is 13.6 Å². The fourth-order valence-corrected chi connectivity index (χ4v) is 3.19. The number of nitrogens with zero attached hydrogens (tertiary/aromatic N) is 1. The molecule has 0 bridgehead atoms. The zero-order chi connectivity index (χ0) is 19.8. The summed E-state index contributed by atoms with van der Waals surface area (Å²) < 4.78 is 34.0. The van der Waals surface area contributed by atoms with Gasteiger partial charge in [0.05, 0.1) is 14.2 Å². The number of hydrogen-bond acceptors (Lipinski definition) is 5. The summed E-state index contributed by atoms with van der Waals surface area (Å²) in [6, 6.07) is 7.91. The van der Waals surface area contributed by atoms with Gasteiger partial charge in [0, 0.05) is 16.7 Å². The van der Waals surface area contributed by atoms with Gasteiger partial charge in [-0.3, -0.25) is 4.90 Å². The third-order valence-corrected chi connectivity index (χ3v) is 4.47. The molecule has 0 aromatic heterocycles. The van der Waals surface area contributed by atoms with Gasteiger partial charge in [0.15, 0.2) is 23.0 Å². The predicted molar refractivity (Wildman–Crippen MR) is 92.1 cm³/mol. The average Bonchev–Trinajstić information content (AvgIpc) is 2.61. The number of phenolic OH excluding ortho intramolecular Hbond substituents is 2. The molecule has 1 heterocycles. The molecule has 1 aliphatic heterocycles. The topological polar surface area (TPSA) is 62.2 Å². The maximum atomic E-state index is 10.2. The molecule has 0 spiro atoms. The van der Waals surface area contributed by atoms with Gasteiger partial charge >= 0.3 is 0 Å². The van der Waals surface area contributed by atoms with Crippen LogP contribution in [0.5, 0.6) is 23.0 Å². The van der Waals surface area contributed by atoms with E-state index in [0.717, 1.165) is 16.7 Å². The number of fused-ring (bicyclic) bond motifs is 1. The van der Waals surface area contributed by atoms with Crippen molar-refractivity contribution in [1.29, 1.82) is 0 Å². The minimum atomic E-state index is -2.27. The van der Waals surface area contributed by atoms with Crippen LogP contribution in [0.3, 0.4) is 0 Å². The van der Waals surface area contributed by atoms with Gasteiger partial charge in [0.2, 0.25) is 0 Å². The van der Waals surface area contributed by atoms with Crippen LogP contribution < -0.4 is 9.47 Å². The first-order valence-electron chi connectivity index (χ1n) is 9.27. The lowest BCUT2D eigenvalue weighted by molar-refractivity contribution is 0.228. The second-order valence-electron chi connectivity index (χ2n) is 5.89. The Hall–Kier alpha value is -2.40. The number of hydrogen-bond donors (Lipinski definition) is 2. The van der Waals surface area contributed by atoms with Crippen molar-refractivity contribution in [3.8, 4) is 23.0 Å². The molecule has 5 heteroatoms. The van der Waals surface area contributed by atoms with Crippen LogP contribution in [0.15, 0.2) is 30.3 Å². The number of ether oxygens (including phenoxy) is 2. The molecule has 5 nitrogen and oxygen atoms in total. The Morgan fingerprint density at radius 2 is 1.88 bits per heavy atom. The molecular formula is C19H23NO4. The molecule has 24 heavy (non-hydrogen) atoms. The van der Waals surface area contributed by atoms with Crippen LogP contribution in [0.4, 0.5) is 0 Å². The molecule has 1 unspecified atom stereocenters. The average molecular weight is 332 g/mol. The van der Waals surface area contributed by atoms with Crippen molar-refractivity contribution in [3.63, 3.8) is 0 Å². The van der Waals surface area contributed by atoms with Crippen LogP contribution in [0.25, 0.3) is 0 Å². The highest BCUT2D eigenvalue weighted by Gasteiger charge is 2.27. The Bertz CT molecular complexity index is 838. The van der Waals surface area contributed by atoms with E-state index in [1.54, 1.807) is 30.3 Å². The van der Waals surface area contributed by atoms with Gasteiger partial charge in [-0.05, 0) is 60.8 Å². The highest BCUT2D eigenvalue weighted by molar-refractivity contribution is 5.49. The quantitative estimate of drug-likeness (QED) is 0.901. The summed E-state index contributed by atoms with van der Waals surface area (Å²) in [5.41, 5.74) is 2.48. The van der Waals surface area contributed by atoms with E-state index in [9.17, 15) is 10.2 Å². The van der Waals surface area contributed by atoms with E-state index in [0.29, 0.717) is 30.9 Å². The maximum Gasteiger partial charge on any atom is 0.160 e. The second-order valence-corrected chi connectivity index (χ2v) is 5.89. The minimum Gasteiger partial charge on any atom is -0.504 e. The molecule has 2 N–H and O–H groups in total. The van der Waals surface area contributed by atoms with Crippen molar-refractivity contribution >= 4 is 0 Å². The molecule has 128 valence electrons. The SMILES string of the molecule is [2H]C([2H])([2H])N1CCc2cc(OC)c(O)cc2C1Cc1ccc(OC)c(O)c1. The fourth-order valence-electron chi connectivity index (χ4n) is 3.19. The predicted octanol–water partition coefficient (Wildman–Crippen LogP) is 2.89. The third-order valence-electron chi connectivity index (χ3n) is 4.47. The Morgan fingerprint density at radius 3 is 2.54 bits per heavy atom. The van der Waals surface area contributed by atoms with E-state index in [-0.39, 0.29) is 11.5 Å². The van der Waals surface area contributed by atoms with Crippen LogP contribution in [0.2, 0.25) is 0 Å². The van der Waals surface area contributed by atoms with Gasteiger partial charge in [0.25, 0.3) is 0 Å². The van der Waals surface area contributed by atoms with E-state index in [1.165, 1.54) is 19.1 Å². The normalized spacial score (nSPS) is 19.8. The van der Waals surface area contributed by atoms with E-state index >= 15 is 0 Å². The molecule has 2 aromatic rings. The Labute approximate surface area is 146 Å². The van der Waals surface area contributed by atoms with E-state index in [1.807, 2.05) is 0 Å². The minimum absolute atomic E-state index is 0.00375. The summed E-state index contributed by atoms with van der Waals surface area (Å²) in [5, 5.41) is 20.3. The van der Waals surface area contributed by atoms with E-state index < -0.39 is 13.0 Å². The van der Waals surface area contributed by atoms with Crippen LogP contribution in [0.1, 0.15) is 26.8 Å². The van der Waals surface area contributed by atoms with Crippen molar-refractivity contribution < 1.29 is 23.8 Å². The monoisotopic (exact) mass is 332 g/mol. The van der Waals surface area contributed by atoms with Gasteiger partial charge in [-0.2, -0.15) is 0 Å². The van der Waals surface area contributed by atoms with Crippen molar-refractivity contribution in [2.45, 2.75) is 18.9 Å². The Balaban J connectivity index is 2.03. The number of rotatable bonds is 4. The fraction of sp³-hybridized carbons (Fsp3) is 0.368. The molecule has 0 saturated heterocycles. The van der Waals surface area contributed by atoms with Gasteiger partial charge in [0.1, 0.15) is 0 Å². The summed E-state index contributed by atoms with van der Waals surface area (Å²) in [4.78, 5) is 1.46. The van der Waals surface area contributed by atoms with Crippen molar-refractivity contribution in [1.82, 2.24) is 4.90 Å². The standard InChI is InChI=1S/C19H23NO4/c1-20-7-6-13-10-19(24-3)17(22)11-14(13)15(20)8-12-4-5-18(23-2)16(21)9-12/h4-5,9-11,15,21-22H,6-8H2,1-3H3/i1D3. The molecule has 2 aromatic carbocycles. The number of phenols is 2. The lowest BCUT2D eigenvalue weighted by Crippen LogP contribution is -2.33. The van der Waals surface area contributed by atoms with Crippen LogP contribution in [-0.4, -0.2) is 42.9 Å². The smallest absolute Gasteiger partial charge is 0.160 e. The Morgan fingerprint density at radius 1 is 1.12 bits per heavy atom. The van der Waals surface area contributed by atoms with Gasteiger partial charge < -0.3 is 19.7 Å². The molecule has 1 aliphatic rings. The lowest BCUT2D eigenvalue weighted by Gasteiger charge is -2.35. The maximum absolute atomic E-state index is 10.2. The third kappa shape index (κ3) is 2.99. The van der Waals surface area contributed by atoms with Gasteiger partial charge in [-0.25, -0.2) is 0 Å². The molecule has 0 saturated carbocycles. The number of likely N-dealkylation sites (N-methyl/N-ethyl adjacent to an activating group) is 1. The van der Waals surface area contributed by atoms with E-state index in [2.05, 4.69) is 0 Å². The number of benzene rings is 2. The molecular weight excluding hydrogens is 306 g/mol. The molecule has 0 aliphatic carbocycles. The highest BCUT2D eigenvalue weighted by atomic mass is 16.5. The van der Waals surface area contributed by atoms with Crippen LogP contribution >= 0.6 is 0 Å². The molecule has 3 rings (SSSR count). The molecule has 0 fully saturated rings. The first kappa shape index (κ1) is 13.0. The largest absolute Gasteiger partial charge is 0.504 e. The lowest BCUT2D eigenvalue weighted by atomic mass is 9.88. The molecule has 0 radical (unpaired) electrons. The van der Waals surface area contributed by atoms with Crippen LogP contribution in [-0.2, 0) is 12.8 Å². The second kappa shape index (κ2) is 6.61. The first-order valence-corrected chi connectivity index (χ1v) is 7.77. The zero-order valence-electron chi connectivity index (χ0n) is 16.7. The summed E-state index contributed by atoms with van der Waals surface area (Å²) in [6.45, 7) is -1.91. The first-order chi connectivity index (χ1) is 12.7. The summed E-state index contributed by atoms with van der Waals surface area (Å²) in [7, 11) is 2.95.